The van der Waals surface area contributed by atoms with Crippen molar-refractivity contribution in [2.24, 2.45) is 0 Å². The van der Waals surface area contributed by atoms with Gasteiger partial charge in [0.1, 0.15) is 18.2 Å². The summed E-state index contributed by atoms with van der Waals surface area (Å²) in [4.78, 5) is 25.4. The Bertz CT molecular complexity index is 934. The van der Waals surface area contributed by atoms with Gasteiger partial charge in [-0.2, -0.15) is 10.1 Å². The fraction of sp³-hybridized carbons (Fsp3) is 0.118. The fourth-order valence-electron chi connectivity index (χ4n) is 2.86. The maximum atomic E-state index is 13.0. The maximum absolute atomic E-state index is 13.0. The Morgan fingerprint density at radius 1 is 1.16 bits per heavy atom. The molecule has 8 heteroatoms. The van der Waals surface area contributed by atoms with Crippen molar-refractivity contribution in [2.75, 3.05) is 10.6 Å². The van der Waals surface area contributed by atoms with Gasteiger partial charge in [-0.05, 0) is 36.8 Å². The number of anilines is 2. The number of nitrogens with zero attached hydrogens (tertiary/aromatic N) is 5. The lowest BCUT2D eigenvalue weighted by Crippen LogP contribution is -2.31. The van der Waals surface area contributed by atoms with Crippen LogP contribution in [0.2, 0.25) is 0 Å². The molecule has 3 aromatic heterocycles. The first-order chi connectivity index (χ1) is 12.2. The lowest BCUT2D eigenvalue weighted by atomic mass is 9.96. The molecule has 3 aromatic rings. The number of hydrogen-bond acceptors (Lipinski definition) is 6. The molecule has 124 valence electrons. The van der Waals surface area contributed by atoms with E-state index in [0.717, 1.165) is 11.3 Å². The molecule has 1 amide bonds. The highest BCUT2D eigenvalue weighted by Crippen LogP contribution is 2.34. The van der Waals surface area contributed by atoms with Crippen LogP contribution in [0.4, 0.5) is 11.8 Å². The van der Waals surface area contributed by atoms with Gasteiger partial charge in [-0.3, -0.25) is 9.78 Å². The number of hydrogen-bond donors (Lipinski definition) is 2. The van der Waals surface area contributed by atoms with E-state index in [-0.39, 0.29) is 5.91 Å². The maximum Gasteiger partial charge on any atom is 0.257 e. The molecule has 4 heterocycles. The van der Waals surface area contributed by atoms with Crippen molar-refractivity contribution >= 4 is 17.7 Å². The highest BCUT2D eigenvalue weighted by atomic mass is 16.1. The molecule has 0 unspecified atom stereocenters. The lowest BCUT2D eigenvalue weighted by molar-refractivity contribution is -0.113. The first-order valence-corrected chi connectivity index (χ1v) is 7.73. The Morgan fingerprint density at radius 3 is 2.76 bits per heavy atom. The quantitative estimate of drug-likeness (QED) is 0.761. The zero-order chi connectivity index (χ0) is 17.2. The van der Waals surface area contributed by atoms with E-state index < -0.39 is 6.04 Å². The Labute approximate surface area is 143 Å². The van der Waals surface area contributed by atoms with Gasteiger partial charge in [0.2, 0.25) is 5.95 Å². The molecule has 0 saturated heterocycles. The van der Waals surface area contributed by atoms with Crippen molar-refractivity contribution in [1.29, 1.82) is 0 Å². The standard InChI is InChI=1S/C17H15N7O/c1-11-14(16(25)23-13-4-2-3-7-19-13)15(12-5-8-18-9-6-12)24-17(22-11)20-10-21-24/h2-10,15H,1H3,(H,19,23,25)(H,20,21,22)/t15-/m1/s1. The number of aromatic nitrogens is 5. The second-order valence-corrected chi connectivity index (χ2v) is 5.54. The van der Waals surface area contributed by atoms with Gasteiger partial charge in [-0.25, -0.2) is 9.67 Å². The normalized spacial score (nSPS) is 16.1. The van der Waals surface area contributed by atoms with Crippen molar-refractivity contribution in [3.63, 3.8) is 0 Å². The topological polar surface area (TPSA) is 97.6 Å². The third-order valence-electron chi connectivity index (χ3n) is 3.97. The molecular formula is C17H15N7O. The summed E-state index contributed by atoms with van der Waals surface area (Å²) in [5.74, 6) is 0.839. The zero-order valence-corrected chi connectivity index (χ0v) is 13.4. The number of carbonyl (C=O) groups is 1. The van der Waals surface area contributed by atoms with E-state index in [1.54, 1.807) is 35.4 Å². The van der Waals surface area contributed by atoms with Gasteiger partial charge in [0.15, 0.2) is 0 Å². The summed E-state index contributed by atoms with van der Waals surface area (Å²) in [6.45, 7) is 1.85. The SMILES string of the molecule is CC1=C(C(=O)Nc2ccccn2)[C@@H](c2ccncc2)n2ncnc2N1. The summed E-state index contributed by atoms with van der Waals surface area (Å²) in [6, 6.07) is 8.69. The van der Waals surface area contributed by atoms with Crippen molar-refractivity contribution in [3.05, 3.63) is 72.1 Å². The summed E-state index contributed by atoms with van der Waals surface area (Å²) in [7, 11) is 0. The third kappa shape index (κ3) is 2.74. The van der Waals surface area contributed by atoms with Gasteiger partial charge < -0.3 is 10.6 Å². The molecule has 0 saturated carbocycles. The van der Waals surface area contributed by atoms with E-state index in [2.05, 4.69) is 30.7 Å². The van der Waals surface area contributed by atoms with E-state index >= 15 is 0 Å². The van der Waals surface area contributed by atoms with Crippen LogP contribution >= 0.6 is 0 Å². The van der Waals surface area contributed by atoms with E-state index in [1.165, 1.54) is 6.33 Å². The van der Waals surface area contributed by atoms with Crippen LogP contribution in [-0.4, -0.2) is 30.6 Å². The van der Waals surface area contributed by atoms with E-state index in [4.69, 9.17) is 0 Å². The molecular weight excluding hydrogens is 318 g/mol. The second-order valence-electron chi connectivity index (χ2n) is 5.54. The number of carbonyl (C=O) groups excluding carboxylic acids is 1. The summed E-state index contributed by atoms with van der Waals surface area (Å²) in [5, 5.41) is 10.2. The van der Waals surface area contributed by atoms with Gasteiger partial charge in [0, 0.05) is 24.3 Å². The van der Waals surface area contributed by atoms with Gasteiger partial charge in [0.25, 0.3) is 5.91 Å². The Hall–Kier alpha value is -3.55. The van der Waals surface area contributed by atoms with E-state index in [1.807, 2.05) is 25.1 Å². The zero-order valence-electron chi connectivity index (χ0n) is 13.4. The molecule has 1 aliphatic heterocycles. The number of pyridine rings is 2. The van der Waals surface area contributed by atoms with Gasteiger partial charge in [-0.1, -0.05) is 6.07 Å². The third-order valence-corrected chi connectivity index (χ3v) is 3.97. The van der Waals surface area contributed by atoms with E-state index in [9.17, 15) is 4.79 Å². The molecule has 25 heavy (non-hydrogen) atoms. The second kappa shape index (κ2) is 6.16. The van der Waals surface area contributed by atoms with Crippen LogP contribution in [0.5, 0.6) is 0 Å². The summed E-state index contributed by atoms with van der Waals surface area (Å²) in [6.07, 6.45) is 6.48. The largest absolute Gasteiger partial charge is 0.328 e. The monoisotopic (exact) mass is 333 g/mol. The smallest absolute Gasteiger partial charge is 0.257 e. The summed E-state index contributed by atoms with van der Waals surface area (Å²) in [5.41, 5.74) is 2.17. The predicted octanol–water partition coefficient (Wildman–Crippen LogP) is 2.00. The van der Waals surface area contributed by atoms with Crippen LogP contribution in [0.1, 0.15) is 18.5 Å². The average Bonchev–Trinajstić information content (AvgIpc) is 3.10. The molecule has 8 nitrogen and oxygen atoms in total. The minimum Gasteiger partial charge on any atom is -0.328 e. The van der Waals surface area contributed by atoms with Crippen LogP contribution in [0.15, 0.2) is 66.5 Å². The highest BCUT2D eigenvalue weighted by Gasteiger charge is 2.33. The van der Waals surface area contributed by atoms with Crippen molar-refractivity contribution in [2.45, 2.75) is 13.0 Å². The van der Waals surface area contributed by atoms with Gasteiger partial charge >= 0.3 is 0 Å². The number of fused-ring (bicyclic) bond motifs is 1. The molecule has 0 bridgehead atoms. The first-order valence-electron chi connectivity index (χ1n) is 7.73. The molecule has 0 spiro atoms. The van der Waals surface area contributed by atoms with Crippen molar-refractivity contribution < 1.29 is 4.79 Å². The van der Waals surface area contributed by atoms with E-state index in [0.29, 0.717) is 17.3 Å². The number of allylic oxidation sites excluding steroid dienone is 1. The van der Waals surface area contributed by atoms with Crippen LogP contribution in [0.25, 0.3) is 0 Å². The Kier molecular flexibility index (Phi) is 3.70. The average molecular weight is 333 g/mol. The molecule has 4 rings (SSSR count). The van der Waals surface area contributed by atoms with Crippen LogP contribution in [0, 0.1) is 0 Å². The molecule has 0 fully saturated rings. The van der Waals surface area contributed by atoms with Gasteiger partial charge in [-0.15, -0.1) is 0 Å². The number of amides is 1. The Morgan fingerprint density at radius 2 is 2.00 bits per heavy atom. The molecule has 2 N–H and O–H groups in total. The molecule has 0 aromatic carbocycles. The lowest BCUT2D eigenvalue weighted by Gasteiger charge is -2.28. The molecule has 1 atom stereocenters. The summed E-state index contributed by atoms with van der Waals surface area (Å²) < 4.78 is 1.69. The predicted molar refractivity (Wildman–Crippen MR) is 91.6 cm³/mol. The van der Waals surface area contributed by atoms with Gasteiger partial charge in [0.05, 0.1) is 5.57 Å². The van der Waals surface area contributed by atoms with Crippen molar-refractivity contribution in [1.82, 2.24) is 24.7 Å². The van der Waals surface area contributed by atoms with Crippen LogP contribution in [0.3, 0.4) is 0 Å². The molecule has 0 aliphatic carbocycles. The number of nitrogens with one attached hydrogen (secondary N) is 2. The minimum absolute atomic E-state index is 0.244. The number of rotatable bonds is 3. The Balaban J connectivity index is 1.77. The fourth-order valence-corrected chi connectivity index (χ4v) is 2.86. The summed E-state index contributed by atoms with van der Waals surface area (Å²) >= 11 is 0. The minimum atomic E-state index is -0.398. The van der Waals surface area contributed by atoms with Crippen molar-refractivity contribution in [3.8, 4) is 0 Å². The van der Waals surface area contributed by atoms with Crippen LogP contribution < -0.4 is 10.6 Å². The van der Waals surface area contributed by atoms with Crippen LogP contribution in [-0.2, 0) is 4.79 Å². The first kappa shape index (κ1) is 15.0. The highest BCUT2D eigenvalue weighted by molar-refractivity contribution is 6.05. The molecule has 1 aliphatic rings. The molecule has 0 radical (unpaired) electrons.